The molecule has 2 fully saturated rings. The quantitative estimate of drug-likeness (QED) is 0.761. The van der Waals surface area contributed by atoms with Crippen LogP contribution in [-0.4, -0.2) is 59.7 Å². The fraction of sp³-hybridized carbons (Fsp3) is 0.562. The molecule has 1 aromatic heterocycles. The summed E-state index contributed by atoms with van der Waals surface area (Å²) < 4.78 is 5.81. The predicted molar refractivity (Wildman–Crippen MR) is 79.4 cm³/mol. The SMILES string of the molecule is C=CCO[C@@H]1C[C@H]2CN(Cc3ccccn3)CCN2C1. The van der Waals surface area contributed by atoms with Crippen LogP contribution < -0.4 is 0 Å². The molecule has 4 nitrogen and oxygen atoms in total. The second-order valence-electron chi connectivity index (χ2n) is 5.68. The molecule has 0 radical (unpaired) electrons. The molecule has 20 heavy (non-hydrogen) atoms. The van der Waals surface area contributed by atoms with Gasteiger partial charge in [0.2, 0.25) is 0 Å². The molecule has 0 aliphatic carbocycles. The van der Waals surface area contributed by atoms with Gasteiger partial charge in [-0.05, 0) is 18.6 Å². The summed E-state index contributed by atoms with van der Waals surface area (Å²) >= 11 is 0. The molecule has 3 heterocycles. The summed E-state index contributed by atoms with van der Waals surface area (Å²) in [5, 5.41) is 0. The number of aromatic nitrogens is 1. The van der Waals surface area contributed by atoms with Crippen LogP contribution in [0, 0.1) is 0 Å². The first kappa shape index (κ1) is 13.7. The van der Waals surface area contributed by atoms with Crippen molar-refractivity contribution in [1.82, 2.24) is 14.8 Å². The summed E-state index contributed by atoms with van der Waals surface area (Å²) in [5.74, 6) is 0. The second kappa shape index (κ2) is 6.48. The van der Waals surface area contributed by atoms with Crippen LogP contribution in [-0.2, 0) is 11.3 Å². The fourth-order valence-corrected chi connectivity index (χ4v) is 3.25. The van der Waals surface area contributed by atoms with Gasteiger partial charge in [-0.25, -0.2) is 0 Å². The third kappa shape index (κ3) is 3.26. The van der Waals surface area contributed by atoms with E-state index in [1.165, 1.54) is 5.69 Å². The zero-order chi connectivity index (χ0) is 13.8. The summed E-state index contributed by atoms with van der Waals surface area (Å²) in [4.78, 5) is 9.51. The number of nitrogens with zero attached hydrogens (tertiary/aromatic N) is 3. The molecule has 0 spiro atoms. The minimum Gasteiger partial charge on any atom is -0.373 e. The van der Waals surface area contributed by atoms with E-state index in [0.29, 0.717) is 18.8 Å². The van der Waals surface area contributed by atoms with Gasteiger partial charge in [0.05, 0.1) is 18.4 Å². The molecule has 2 aliphatic rings. The van der Waals surface area contributed by atoms with Crippen molar-refractivity contribution in [2.45, 2.75) is 25.1 Å². The van der Waals surface area contributed by atoms with Crippen molar-refractivity contribution in [3.8, 4) is 0 Å². The molecule has 108 valence electrons. The Morgan fingerprint density at radius 1 is 1.35 bits per heavy atom. The maximum absolute atomic E-state index is 5.81. The van der Waals surface area contributed by atoms with E-state index in [4.69, 9.17) is 4.74 Å². The third-order valence-electron chi connectivity index (χ3n) is 4.22. The monoisotopic (exact) mass is 273 g/mol. The van der Waals surface area contributed by atoms with Gasteiger partial charge in [-0.1, -0.05) is 12.1 Å². The first-order chi connectivity index (χ1) is 9.85. The Bertz CT molecular complexity index is 437. The van der Waals surface area contributed by atoms with E-state index in [9.17, 15) is 0 Å². The van der Waals surface area contributed by atoms with Gasteiger partial charge in [0.15, 0.2) is 0 Å². The molecule has 2 atom stereocenters. The van der Waals surface area contributed by atoms with Gasteiger partial charge in [-0.15, -0.1) is 6.58 Å². The molecule has 0 aromatic carbocycles. The Labute approximate surface area is 121 Å². The minimum atomic E-state index is 0.382. The van der Waals surface area contributed by atoms with Crippen molar-refractivity contribution in [2.75, 3.05) is 32.8 Å². The highest BCUT2D eigenvalue weighted by atomic mass is 16.5. The van der Waals surface area contributed by atoms with Gasteiger partial charge in [-0.2, -0.15) is 0 Å². The van der Waals surface area contributed by atoms with Crippen LogP contribution in [0.25, 0.3) is 0 Å². The number of pyridine rings is 1. The van der Waals surface area contributed by atoms with Gasteiger partial charge < -0.3 is 4.74 Å². The molecular formula is C16H23N3O. The van der Waals surface area contributed by atoms with Crippen molar-refractivity contribution in [1.29, 1.82) is 0 Å². The fourth-order valence-electron chi connectivity index (χ4n) is 3.25. The lowest BCUT2D eigenvalue weighted by atomic mass is 10.1. The van der Waals surface area contributed by atoms with Crippen LogP contribution in [0.5, 0.6) is 0 Å². The van der Waals surface area contributed by atoms with Gasteiger partial charge in [-0.3, -0.25) is 14.8 Å². The Morgan fingerprint density at radius 2 is 2.30 bits per heavy atom. The highest BCUT2D eigenvalue weighted by Crippen LogP contribution is 2.24. The Kier molecular flexibility index (Phi) is 4.45. The number of ether oxygens (including phenoxy) is 1. The van der Waals surface area contributed by atoms with E-state index in [1.807, 2.05) is 18.3 Å². The normalized spacial score (nSPS) is 27.4. The topological polar surface area (TPSA) is 28.6 Å². The highest BCUT2D eigenvalue weighted by molar-refractivity contribution is 5.04. The second-order valence-corrected chi connectivity index (χ2v) is 5.68. The Balaban J connectivity index is 1.52. The first-order valence-electron chi connectivity index (χ1n) is 7.44. The molecule has 1 aromatic rings. The molecule has 0 amide bonds. The lowest BCUT2D eigenvalue weighted by Gasteiger charge is -2.37. The van der Waals surface area contributed by atoms with E-state index in [0.717, 1.165) is 39.1 Å². The largest absolute Gasteiger partial charge is 0.373 e. The summed E-state index contributed by atoms with van der Waals surface area (Å²) in [7, 11) is 0. The summed E-state index contributed by atoms with van der Waals surface area (Å²) in [5.41, 5.74) is 1.17. The highest BCUT2D eigenvalue weighted by Gasteiger charge is 2.36. The predicted octanol–water partition coefficient (Wildman–Crippen LogP) is 1.54. The van der Waals surface area contributed by atoms with E-state index in [1.54, 1.807) is 0 Å². The van der Waals surface area contributed by atoms with Gasteiger partial charge in [0.25, 0.3) is 0 Å². The maximum Gasteiger partial charge on any atom is 0.0721 e. The van der Waals surface area contributed by atoms with Crippen LogP contribution in [0.1, 0.15) is 12.1 Å². The number of piperazine rings is 1. The minimum absolute atomic E-state index is 0.382. The van der Waals surface area contributed by atoms with Crippen LogP contribution in [0.15, 0.2) is 37.1 Å². The lowest BCUT2D eigenvalue weighted by Crippen LogP contribution is -2.49. The molecule has 2 aliphatic heterocycles. The smallest absolute Gasteiger partial charge is 0.0721 e. The summed E-state index contributed by atoms with van der Waals surface area (Å²) in [6.45, 7) is 9.83. The van der Waals surface area contributed by atoms with Crippen LogP contribution in [0.3, 0.4) is 0 Å². The zero-order valence-corrected chi connectivity index (χ0v) is 11.9. The maximum atomic E-state index is 5.81. The molecule has 0 saturated carbocycles. The first-order valence-corrected chi connectivity index (χ1v) is 7.44. The van der Waals surface area contributed by atoms with Crippen molar-refractivity contribution < 1.29 is 4.74 Å². The van der Waals surface area contributed by atoms with Gasteiger partial charge in [0, 0.05) is 45.0 Å². The number of rotatable bonds is 5. The standard InChI is InChI=1S/C16H23N3O/c1-2-9-20-16-10-15-12-18(7-8-19(15)13-16)11-14-5-3-4-6-17-14/h2-6,15-16H,1,7-13H2/t15-,16+/m0/s1. The van der Waals surface area contributed by atoms with Crippen LogP contribution in [0.2, 0.25) is 0 Å². The number of fused-ring (bicyclic) bond motifs is 1. The number of hydrogen-bond donors (Lipinski definition) is 0. The molecular weight excluding hydrogens is 250 g/mol. The van der Waals surface area contributed by atoms with E-state index in [-0.39, 0.29) is 0 Å². The molecule has 0 unspecified atom stereocenters. The van der Waals surface area contributed by atoms with E-state index >= 15 is 0 Å². The van der Waals surface area contributed by atoms with Crippen LogP contribution >= 0.6 is 0 Å². The molecule has 2 saturated heterocycles. The molecule has 3 rings (SSSR count). The average molecular weight is 273 g/mol. The van der Waals surface area contributed by atoms with Crippen molar-refractivity contribution in [3.05, 3.63) is 42.7 Å². The van der Waals surface area contributed by atoms with E-state index in [2.05, 4.69) is 33.5 Å². The van der Waals surface area contributed by atoms with Crippen molar-refractivity contribution in [2.24, 2.45) is 0 Å². The van der Waals surface area contributed by atoms with E-state index < -0.39 is 0 Å². The Hall–Kier alpha value is -1.23. The molecule has 0 N–H and O–H groups in total. The van der Waals surface area contributed by atoms with Gasteiger partial charge in [0.1, 0.15) is 0 Å². The van der Waals surface area contributed by atoms with Crippen molar-refractivity contribution in [3.63, 3.8) is 0 Å². The lowest BCUT2D eigenvalue weighted by molar-refractivity contribution is 0.0757. The molecule has 0 bridgehead atoms. The average Bonchev–Trinajstić information content (AvgIpc) is 2.88. The number of hydrogen-bond acceptors (Lipinski definition) is 4. The summed E-state index contributed by atoms with van der Waals surface area (Å²) in [6, 6.07) is 6.78. The van der Waals surface area contributed by atoms with Gasteiger partial charge >= 0.3 is 0 Å². The third-order valence-corrected chi connectivity index (χ3v) is 4.22. The Morgan fingerprint density at radius 3 is 3.10 bits per heavy atom. The zero-order valence-electron chi connectivity index (χ0n) is 11.9. The van der Waals surface area contributed by atoms with Crippen molar-refractivity contribution >= 4 is 0 Å². The molecule has 4 heteroatoms. The van der Waals surface area contributed by atoms with Crippen LogP contribution in [0.4, 0.5) is 0 Å². The summed E-state index contributed by atoms with van der Waals surface area (Å²) in [6.07, 6.45) is 5.24.